The molecule has 3 rings (SSSR count). The summed E-state index contributed by atoms with van der Waals surface area (Å²) in [4.78, 5) is 8.79. The third-order valence-electron chi connectivity index (χ3n) is 3.86. The van der Waals surface area contributed by atoms with Gasteiger partial charge in [0.05, 0.1) is 0 Å². The van der Waals surface area contributed by atoms with Crippen LogP contribution < -0.4 is 10.5 Å². The van der Waals surface area contributed by atoms with Gasteiger partial charge in [-0.15, -0.1) is 0 Å². The highest BCUT2D eigenvalue weighted by atomic mass is 16.5. The first-order valence-electron chi connectivity index (χ1n) is 7.02. The quantitative estimate of drug-likeness (QED) is 0.892. The van der Waals surface area contributed by atoms with E-state index in [4.69, 9.17) is 10.5 Å². The Morgan fingerprint density at radius 3 is 2.78 bits per heavy atom. The molecule has 0 radical (unpaired) electrons. The number of rotatable bonds is 3. The Labute approximate surface area is 108 Å². The summed E-state index contributed by atoms with van der Waals surface area (Å²) in [5, 5.41) is 0. The zero-order valence-electron chi connectivity index (χ0n) is 10.9. The summed E-state index contributed by atoms with van der Waals surface area (Å²) in [6, 6.07) is 1.76. The number of nitrogen functional groups attached to an aromatic ring is 1. The molecule has 2 atom stereocenters. The molecule has 18 heavy (non-hydrogen) atoms. The molecule has 4 nitrogen and oxygen atoms in total. The highest BCUT2D eigenvalue weighted by molar-refractivity contribution is 5.34. The third-order valence-corrected chi connectivity index (χ3v) is 3.86. The Morgan fingerprint density at radius 2 is 2.06 bits per heavy atom. The predicted molar refractivity (Wildman–Crippen MR) is 70.5 cm³/mol. The number of hydrogen-bond donors (Lipinski definition) is 1. The van der Waals surface area contributed by atoms with E-state index in [9.17, 15) is 0 Å². The maximum Gasteiger partial charge on any atom is 0.219 e. The molecule has 1 heterocycles. The first-order valence-corrected chi connectivity index (χ1v) is 7.02. The van der Waals surface area contributed by atoms with Crippen LogP contribution in [-0.2, 0) is 0 Å². The van der Waals surface area contributed by atoms with Gasteiger partial charge in [0.25, 0.3) is 0 Å². The number of ether oxygens (including phenoxy) is 1. The summed E-state index contributed by atoms with van der Waals surface area (Å²) in [6.07, 6.45) is 7.50. The maximum atomic E-state index is 5.99. The van der Waals surface area contributed by atoms with E-state index in [-0.39, 0.29) is 0 Å². The van der Waals surface area contributed by atoms with E-state index in [1.54, 1.807) is 6.07 Å². The van der Waals surface area contributed by atoms with E-state index in [1.807, 2.05) is 0 Å². The molecule has 2 saturated carbocycles. The lowest BCUT2D eigenvalue weighted by molar-refractivity contribution is 0.123. The van der Waals surface area contributed by atoms with Crippen LogP contribution in [0.15, 0.2) is 6.07 Å². The van der Waals surface area contributed by atoms with Gasteiger partial charge in [0.1, 0.15) is 17.7 Å². The number of nitrogens with zero attached hydrogens (tertiary/aromatic N) is 2. The monoisotopic (exact) mass is 247 g/mol. The fourth-order valence-electron chi connectivity index (χ4n) is 2.70. The molecule has 2 aliphatic carbocycles. The van der Waals surface area contributed by atoms with Gasteiger partial charge in [-0.1, -0.05) is 13.3 Å². The van der Waals surface area contributed by atoms with Gasteiger partial charge in [-0.3, -0.25) is 0 Å². The van der Waals surface area contributed by atoms with Crippen molar-refractivity contribution in [2.24, 2.45) is 5.92 Å². The molecular formula is C14H21N3O. The standard InChI is InChI=1S/C14H21N3O/c1-9-3-2-4-11(7-9)18-13-8-12(15)16-14(17-13)10-5-6-10/h8-11H,2-7H2,1H3,(H2,15,16,17). The molecule has 1 aromatic rings. The average Bonchev–Trinajstić information content (AvgIpc) is 3.11. The number of hydrogen-bond acceptors (Lipinski definition) is 4. The second kappa shape index (κ2) is 4.75. The molecule has 2 aliphatic rings. The minimum atomic E-state index is 0.301. The molecule has 0 bridgehead atoms. The van der Waals surface area contributed by atoms with Crippen molar-refractivity contribution in [3.8, 4) is 5.88 Å². The minimum Gasteiger partial charge on any atom is -0.474 e. The average molecular weight is 247 g/mol. The van der Waals surface area contributed by atoms with Crippen molar-refractivity contribution < 1.29 is 4.74 Å². The normalized spacial score (nSPS) is 28.1. The first-order chi connectivity index (χ1) is 8.70. The molecule has 98 valence electrons. The van der Waals surface area contributed by atoms with Crippen LogP contribution in [0.25, 0.3) is 0 Å². The third kappa shape index (κ3) is 2.74. The van der Waals surface area contributed by atoms with Crippen LogP contribution in [0.5, 0.6) is 5.88 Å². The van der Waals surface area contributed by atoms with Crippen LogP contribution >= 0.6 is 0 Å². The van der Waals surface area contributed by atoms with E-state index >= 15 is 0 Å². The Bertz CT molecular complexity index is 431. The van der Waals surface area contributed by atoms with E-state index in [2.05, 4.69) is 16.9 Å². The van der Waals surface area contributed by atoms with Gasteiger partial charge in [-0.25, -0.2) is 4.98 Å². The molecule has 0 aliphatic heterocycles. The Morgan fingerprint density at radius 1 is 1.22 bits per heavy atom. The number of aromatic nitrogens is 2. The van der Waals surface area contributed by atoms with E-state index in [0.29, 0.717) is 23.7 Å². The van der Waals surface area contributed by atoms with Gasteiger partial charge in [0.2, 0.25) is 5.88 Å². The zero-order chi connectivity index (χ0) is 12.5. The fourth-order valence-corrected chi connectivity index (χ4v) is 2.70. The summed E-state index contributed by atoms with van der Waals surface area (Å²) in [6.45, 7) is 2.29. The van der Waals surface area contributed by atoms with Gasteiger partial charge >= 0.3 is 0 Å². The molecule has 0 spiro atoms. The van der Waals surface area contributed by atoms with Crippen molar-refractivity contribution >= 4 is 5.82 Å². The lowest BCUT2D eigenvalue weighted by Crippen LogP contribution is -2.24. The highest BCUT2D eigenvalue weighted by Gasteiger charge is 2.28. The predicted octanol–water partition coefficient (Wildman–Crippen LogP) is 2.89. The Hall–Kier alpha value is -1.32. The molecule has 2 unspecified atom stereocenters. The van der Waals surface area contributed by atoms with Crippen molar-refractivity contribution in [3.63, 3.8) is 0 Å². The van der Waals surface area contributed by atoms with Gasteiger partial charge in [0, 0.05) is 12.0 Å². The van der Waals surface area contributed by atoms with Crippen LogP contribution in [0.3, 0.4) is 0 Å². The fraction of sp³-hybridized carbons (Fsp3) is 0.714. The molecule has 2 N–H and O–H groups in total. The smallest absolute Gasteiger partial charge is 0.219 e. The largest absolute Gasteiger partial charge is 0.474 e. The van der Waals surface area contributed by atoms with Crippen LogP contribution in [-0.4, -0.2) is 16.1 Å². The molecule has 0 saturated heterocycles. The lowest BCUT2D eigenvalue weighted by atomic mass is 9.89. The second-order valence-corrected chi connectivity index (χ2v) is 5.78. The van der Waals surface area contributed by atoms with Crippen LogP contribution in [0, 0.1) is 5.92 Å². The Kier molecular flexibility index (Phi) is 3.10. The maximum absolute atomic E-state index is 5.99. The van der Waals surface area contributed by atoms with Crippen molar-refractivity contribution in [1.29, 1.82) is 0 Å². The number of nitrogens with two attached hydrogens (primary N) is 1. The van der Waals surface area contributed by atoms with Crippen molar-refractivity contribution in [3.05, 3.63) is 11.9 Å². The van der Waals surface area contributed by atoms with Crippen LogP contribution in [0.4, 0.5) is 5.82 Å². The van der Waals surface area contributed by atoms with E-state index in [0.717, 1.165) is 24.6 Å². The minimum absolute atomic E-state index is 0.301. The molecule has 1 aromatic heterocycles. The molecule has 0 amide bonds. The van der Waals surface area contributed by atoms with Crippen molar-refractivity contribution in [1.82, 2.24) is 9.97 Å². The second-order valence-electron chi connectivity index (χ2n) is 5.78. The van der Waals surface area contributed by atoms with Crippen LogP contribution in [0.2, 0.25) is 0 Å². The lowest BCUT2D eigenvalue weighted by Gasteiger charge is -2.27. The van der Waals surface area contributed by atoms with Gasteiger partial charge in [-0.05, 0) is 38.0 Å². The summed E-state index contributed by atoms with van der Waals surface area (Å²) >= 11 is 0. The summed E-state index contributed by atoms with van der Waals surface area (Å²) in [5.74, 6) is 3.34. The number of anilines is 1. The molecule has 2 fully saturated rings. The van der Waals surface area contributed by atoms with Crippen molar-refractivity contribution in [2.45, 2.75) is 57.5 Å². The first kappa shape index (κ1) is 11.8. The highest BCUT2D eigenvalue weighted by Crippen LogP contribution is 2.39. The SMILES string of the molecule is CC1CCCC(Oc2cc(N)nc(C3CC3)n2)C1. The summed E-state index contributed by atoms with van der Waals surface area (Å²) in [7, 11) is 0. The van der Waals surface area contributed by atoms with Gasteiger partial charge in [0.15, 0.2) is 0 Å². The topological polar surface area (TPSA) is 61.0 Å². The van der Waals surface area contributed by atoms with E-state index < -0.39 is 0 Å². The van der Waals surface area contributed by atoms with Gasteiger partial charge in [-0.2, -0.15) is 4.98 Å². The van der Waals surface area contributed by atoms with Crippen LogP contribution in [0.1, 0.15) is 57.2 Å². The molecular weight excluding hydrogens is 226 g/mol. The molecule has 0 aromatic carbocycles. The summed E-state index contributed by atoms with van der Waals surface area (Å²) < 4.78 is 5.99. The zero-order valence-corrected chi connectivity index (χ0v) is 10.9. The van der Waals surface area contributed by atoms with Crippen molar-refractivity contribution in [2.75, 3.05) is 5.73 Å². The van der Waals surface area contributed by atoms with Gasteiger partial charge < -0.3 is 10.5 Å². The molecule has 4 heteroatoms. The van der Waals surface area contributed by atoms with E-state index in [1.165, 1.54) is 25.7 Å². The summed E-state index contributed by atoms with van der Waals surface area (Å²) in [5.41, 5.74) is 5.83. The Balaban J connectivity index is 1.71.